The van der Waals surface area contributed by atoms with E-state index in [2.05, 4.69) is 17.8 Å². The topological polar surface area (TPSA) is 108 Å². The lowest BCUT2D eigenvalue weighted by Crippen LogP contribution is -2.45. The standard InChI is InChI=1S/C29H38N4O4/c1-28(2,3)37-24(34)8-7-23(25(30)35)33-16-20-15-19(5-6-21(20)26(33)36)22-17-32(4)27(31-22)29-12-9-18(10-13-29)11-14-29/h5-6,15,17-18,23H,7-14,16H2,1-4H3,(H2,30,35). The molecule has 2 bridgehead atoms. The van der Waals surface area contributed by atoms with Gasteiger partial charge in [-0.15, -0.1) is 0 Å². The maximum absolute atomic E-state index is 13.2. The van der Waals surface area contributed by atoms with Crippen molar-refractivity contribution >= 4 is 17.8 Å². The van der Waals surface area contributed by atoms with E-state index in [1.165, 1.54) is 49.2 Å². The maximum atomic E-state index is 13.2. The van der Waals surface area contributed by atoms with Crippen molar-refractivity contribution in [2.75, 3.05) is 0 Å². The van der Waals surface area contributed by atoms with Gasteiger partial charge < -0.3 is 19.9 Å². The predicted molar refractivity (Wildman–Crippen MR) is 139 cm³/mol. The second kappa shape index (κ2) is 9.30. The van der Waals surface area contributed by atoms with Crippen LogP contribution in [-0.4, -0.2) is 43.9 Å². The minimum absolute atomic E-state index is 0.00939. The van der Waals surface area contributed by atoms with Crippen LogP contribution < -0.4 is 5.73 Å². The van der Waals surface area contributed by atoms with Crippen molar-refractivity contribution in [3.8, 4) is 11.3 Å². The Morgan fingerprint density at radius 3 is 2.49 bits per heavy atom. The van der Waals surface area contributed by atoms with Crippen LogP contribution in [0.25, 0.3) is 11.3 Å². The third-order valence-corrected chi connectivity index (χ3v) is 8.42. The van der Waals surface area contributed by atoms with Gasteiger partial charge in [0.2, 0.25) is 5.91 Å². The van der Waals surface area contributed by atoms with Gasteiger partial charge in [0.1, 0.15) is 17.5 Å². The van der Waals surface area contributed by atoms with E-state index in [-0.39, 0.29) is 30.7 Å². The molecule has 2 amide bonds. The summed E-state index contributed by atoms with van der Waals surface area (Å²) in [6.07, 6.45) is 9.77. The molecule has 2 aromatic rings. The Bertz CT molecular complexity index is 1220. The van der Waals surface area contributed by atoms with Gasteiger partial charge in [-0.05, 0) is 89.3 Å². The highest BCUT2D eigenvalue weighted by Crippen LogP contribution is 2.51. The van der Waals surface area contributed by atoms with Crippen molar-refractivity contribution < 1.29 is 19.1 Å². The van der Waals surface area contributed by atoms with E-state index in [1.807, 2.05) is 18.2 Å². The number of fused-ring (bicyclic) bond motifs is 4. The first kappa shape index (κ1) is 25.5. The van der Waals surface area contributed by atoms with Crippen molar-refractivity contribution in [2.24, 2.45) is 18.7 Å². The largest absolute Gasteiger partial charge is 0.460 e. The molecule has 0 radical (unpaired) electrons. The SMILES string of the molecule is Cn1cc(-c2ccc3c(c2)CN(C(CCC(=O)OC(C)(C)C)C(N)=O)C3=O)nc1C12CCC(CC1)CC2. The van der Waals surface area contributed by atoms with Crippen molar-refractivity contribution in [1.29, 1.82) is 0 Å². The number of ether oxygens (including phenoxy) is 1. The van der Waals surface area contributed by atoms with Crippen molar-refractivity contribution in [3.05, 3.63) is 41.3 Å². The van der Waals surface area contributed by atoms with E-state index < -0.39 is 23.5 Å². The number of rotatable bonds is 7. The Hall–Kier alpha value is -3.16. The highest BCUT2D eigenvalue weighted by atomic mass is 16.6. The lowest BCUT2D eigenvalue weighted by molar-refractivity contribution is -0.155. The van der Waals surface area contributed by atoms with E-state index in [1.54, 1.807) is 20.8 Å². The second-order valence-electron chi connectivity index (χ2n) is 12.2. The fourth-order valence-electron chi connectivity index (χ4n) is 6.54. The molecule has 6 rings (SSSR count). The summed E-state index contributed by atoms with van der Waals surface area (Å²) >= 11 is 0. The first-order valence-corrected chi connectivity index (χ1v) is 13.4. The summed E-state index contributed by atoms with van der Waals surface area (Å²) in [5.41, 5.74) is 8.51. The number of primary amides is 1. The van der Waals surface area contributed by atoms with Crippen LogP contribution in [0.1, 0.15) is 93.9 Å². The van der Waals surface area contributed by atoms with E-state index >= 15 is 0 Å². The van der Waals surface area contributed by atoms with Gasteiger partial charge >= 0.3 is 5.97 Å². The first-order valence-electron chi connectivity index (χ1n) is 13.4. The third kappa shape index (κ3) is 4.90. The Labute approximate surface area is 218 Å². The van der Waals surface area contributed by atoms with Gasteiger partial charge in [-0.3, -0.25) is 14.4 Å². The monoisotopic (exact) mass is 506 g/mol. The van der Waals surface area contributed by atoms with Crippen LogP contribution in [0.2, 0.25) is 0 Å². The number of aryl methyl sites for hydroxylation is 1. The molecular weight excluding hydrogens is 468 g/mol. The van der Waals surface area contributed by atoms with Gasteiger partial charge in [0.05, 0.1) is 5.69 Å². The van der Waals surface area contributed by atoms with Crippen LogP contribution in [0, 0.1) is 5.92 Å². The molecule has 1 unspecified atom stereocenters. The number of benzene rings is 1. The molecule has 1 aliphatic heterocycles. The summed E-state index contributed by atoms with van der Waals surface area (Å²) in [7, 11) is 2.09. The maximum Gasteiger partial charge on any atom is 0.306 e. The van der Waals surface area contributed by atoms with E-state index in [0.717, 1.165) is 22.7 Å². The second-order valence-corrected chi connectivity index (χ2v) is 12.2. The van der Waals surface area contributed by atoms with Crippen LogP contribution >= 0.6 is 0 Å². The van der Waals surface area contributed by atoms with E-state index in [0.29, 0.717) is 5.56 Å². The molecule has 3 aliphatic carbocycles. The third-order valence-electron chi connectivity index (χ3n) is 8.42. The summed E-state index contributed by atoms with van der Waals surface area (Å²) in [5.74, 6) is 0.791. The van der Waals surface area contributed by atoms with E-state index in [4.69, 9.17) is 15.5 Å². The first-order chi connectivity index (χ1) is 17.5. The van der Waals surface area contributed by atoms with Crippen LogP contribution in [0.4, 0.5) is 0 Å². The number of carbonyl (C=O) groups is 3. The number of imidazole rings is 1. The molecule has 1 aromatic heterocycles. The zero-order chi connectivity index (χ0) is 26.5. The molecule has 37 heavy (non-hydrogen) atoms. The Morgan fingerprint density at radius 1 is 1.19 bits per heavy atom. The van der Waals surface area contributed by atoms with Gasteiger partial charge in [0, 0.05) is 42.8 Å². The number of hydrogen-bond donors (Lipinski definition) is 1. The molecule has 1 aromatic carbocycles. The zero-order valence-corrected chi connectivity index (χ0v) is 22.4. The van der Waals surface area contributed by atoms with Gasteiger partial charge in [-0.25, -0.2) is 4.98 Å². The molecule has 4 aliphatic rings. The molecule has 8 nitrogen and oxygen atoms in total. The highest BCUT2D eigenvalue weighted by molar-refractivity contribution is 6.01. The summed E-state index contributed by atoms with van der Waals surface area (Å²) in [6, 6.07) is 4.87. The lowest BCUT2D eigenvalue weighted by Gasteiger charge is -2.45. The van der Waals surface area contributed by atoms with Gasteiger partial charge in [0.15, 0.2) is 0 Å². The summed E-state index contributed by atoms with van der Waals surface area (Å²) in [6.45, 7) is 5.64. The van der Waals surface area contributed by atoms with Crippen LogP contribution in [0.3, 0.4) is 0 Å². The lowest BCUT2D eigenvalue weighted by atomic mass is 9.60. The number of nitrogens with zero attached hydrogens (tertiary/aromatic N) is 3. The fourth-order valence-corrected chi connectivity index (χ4v) is 6.54. The minimum Gasteiger partial charge on any atom is -0.460 e. The molecule has 3 saturated carbocycles. The molecule has 3 fully saturated rings. The van der Waals surface area contributed by atoms with Crippen molar-refractivity contribution in [3.63, 3.8) is 0 Å². The molecule has 0 saturated heterocycles. The molecule has 0 spiro atoms. The fraction of sp³-hybridized carbons (Fsp3) is 0.586. The van der Waals surface area contributed by atoms with E-state index in [9.17, 15) is 14.4 Å². The van der Waals surface area contributed by atoms with Crippen molar-refractivity contribution in [1.82, 2.24) is 14.5 Å². The predicted octanol–water partition coefficient (Wildman–Crippen LogP) is 4.24. The number of amides is 2. The average Bonchev–Trinajstić information content (AvgIpc) is 3.39. The number of esters is 1. The van der Waals surface area contributed by atoms with Gasteiger partial charge in [-0.1, -0.05) is 6.07 Å². The Morgan fingerprint density at radius 2 is 1.86 bits per heavy atom. The minimum atomic E-state index is -0.877. The smallest absolute Gasteiger partial charge is 0.306 e. The van der Waals surface area contributed by atoms with Crippen molar-refractivity contribution in [2.45, 2.75) is 95.7 Å². The number of hydrogen-bond acceptors (Lipinski definition) is 5. The molecule has 2 N–H and O–H groups in total. The molecule has 8 heteroatoms. The normalized spacial score (nSPS) is 23.7. The molecule has 1 atom stereocenters. The summed E-state index contributed by atoms with van der Waals surface area (Å²) in [4.78, 5) is 44.3. The number of carbonyl (C=O) groups excluding carboxylic acids is 3. The molecule has 2 heterocycles. The number of nitrogens with two attached hydrogens (primary N) is 1. The average molecular weight is 507 g/mol. The quantitative estimate of drug-likeness (QED) is 0.565. The Balaban J connectivity index is 1.34. The molecule has 198 valence electrons. The van der Waals surface area contributed by atoms with Gasteiger partial charge in [-0.2, -0.15) is 0 Å². The number of aromatic nitrogens is 2. The zero-order valence-electron chi connectivity index (χ0n) is 22.4. The van der Waals surface area contributed by atoms with Crippen LogP contribution in [0.15, 0.2) is 24.4 Å². The summed E-state index contributed by atoms with van der Waals surface area (Å²) < 4.78 is 7.54. The highest BCUT2D eigenvalue weighted by Gasteiger charge is 2.44. The van der Waals surface area contributed by atoms with Crippen LogP contribution in [-0.2, 0) is 33.3 Å². The van der Waals surface area contributed by atoms with Crippen LogP contribution in [0.5, 0.6) is 0 Å². The molecular formula is C29H38N4O4. The Kier molecular flexibility index (Phi) is 6.40. The van der Waals surface area contributed by atoms with Gasteiger partial charge in [0.25, 0.3) is 5.91 Å². The summed E-state index contributed by atoms with van der Waals surface area (Å²) in [5, 5.41) is 0.